The van der Waals surface area contributed by atoms with E-state index in [1.54, 1.807) is 12.1 Å². The highest BCUT2D eigenvalue weighted by Crippen LogP contribution is 2.15. The Balaban J connectivity index is 1.48. The van der Waals surface area contributed by atoms with E-state index < -0.39 is 0 Å². The number of ether oxygens (including phenoxy) is 1. The summed E-state index contributed by atoms with van der Waals surface area (Å²) >= 11 is 0. The fraction of sp³-hybridized carbons (Fsp3) is 0.412. The van der Waals surface area contributed by atoms with Gasteiger partial charge in [0.05, 0.1) is 12.9 Å². The molecule has 1 aliphatic heterocycles. The number of furan rings is 1. The first kappa shape index (κ1) is 15.6. The second-order valence-corrected chi connectivity index (χ2v) is 5.61. The first-order valence-electron chi connectivity index (χ1n) is 7.89. The average Bonchev–Trinajstić information content (AvgIpc) is 3.21. The van der Waals surface area contributed by atoms with Crippen LogP contribution in [0.5, 0.6) is 5.88 Å². The van der Waals surface area contributed by atoms with Gasteiger partial charge in [0, 0.05) is 37.9 Å². The Morgan fingerprint density at radius 2 is 2.39 bits per heavy atom. The summed E-state index contributed by atoms with van der Waals surface area (Å²) in [7, 11) is 0. The Bertz CT molecular complexity index is 625. The Hall–Kier alpha value is -2.34. The van der Waals surface area contributed by atoms with Gasteiger partial charge in [-0.05, 0) is 31.0 Å². The quantitative estimate of drug-likeness (QED) is 0.884. The fourth-order valence-corrected chi connectivity index (χ4v) is 2.75. The third-order valence-electron chi connectivity index (χ3n) is 3.85. The molecule has 0 bridgehead atoms. The Kier molecular flexibility index (Phi) is 4.92. The zero-order chi connectivity index (χ0) is 16.1. The van der Waals surface area contributed by atoms with Crippen molar-refractivity contribution in [2.24, 2.45) is 0 Å². The van der Waals surface area contributed by atoms with Crippen molar-refractivity contribution in [2.45, 2.75) is 25.9 Å². The molecule has 0 spiro atoms. The zero-order valence-electron chi connectivity index (χ0n) is 13.2. The van der Waals surface area contributed by atoms with E-state index in [1.165, 1.54) is 6.26 Å². The summed E-state index contributed by atoms with van der Waals surface area (Å²) in [5.41, 5.74) is 1.14. The predicted octanol–water partition coefficient (Wildman–Crippen LogP) is 2.08. The van der Waals surface area contributed by atoms with Crippen molar-refractivity contribution >= 4 is 5.91 Å². The summed E-state index contributed by atoms with van der Waals surface area (Å²) in [4.78, 5) is 18.6. The number of rotatable bonds is 6. The normalized spacial score (nSPS) is 18.0. The summed E-state index contributed by atoms with van der Waals surface area (Å²) in [6, 6.07) is 7.48. The van der Waals surface area contributed by atoms with Crippen LogP contribution in [0.2, 0.25) is 0 Å². The smallest absolute Gasteiger partial charge is 0.287 e. The van der Waals surface area contributed by atoms with E-state index in [4.69, 9.17) is 9.15 Å². The van der Waals surface area contributed by atoms with Crippen LogP contribution < -0.4 is 10.1 Å². The maximum Gasteiger partial charge on any atom is 0.287 e. The van der Waals surface area contributed by atoms with E-state index >= 15 is 0 Å². The molecular weight excluding hydrogens is 294 g/mol. The summed E-state index contributed by atoms with van der Waals surface area (Å²) in [6.45, 7) is 5.18. The fourth-order valence-electron chi connectivity index (χ4n) is 2.75. The van der Waals surface area contributed by atoms with E-state index in [0.29, 0.717) is 18.2 Å². The molecule has 1 atom stereocenters. The molecule has 2 aromatic rings. The van der Waals surface area contributed by atoms with Gasteiger partial charge in [-0.3, -0.25) is 9.69 Å². The Morgan fingerprint density at radius 3 is 3.09 bits per heavy atom. The van der Waals surface area contributed by atoms with Crippen molar-refractivity contribution in [1.29, 1.82) is 0 Å². The Morgan fingerprint density at radius 1 is 1.48 bits per heavy atom. The molecule has 0 saturated carbocycles. The van der Waals surface area contributed by atoms with E-state index in [0.717, 1.165) is 31.6 Å². The lowest BCUT2D eigenvalue weighted by molar-refractivity contribution is 0.0909. The number of hydrogen-bond donors (Lipinski definition) is 1. The molecule has 2 aromatic heterocycles. The van der Waals surface area contributed by atoms with Crippen LogP contribution in [0.1, 0.15) is 29.5 Å². The van der Waals surface area contributed by atoms with Gasteiger partial charge in [-0.2, -0.15) is 0 Å². The average molecular weight is 315 g/mol. The number of hydrogen-bond acceptors (Lipinski definition) is 5. The third-order valence-corrected chi connectivity index (χ3v) is 3.85. The highest BCUT2D eigenvalue weighted by atomic mass is 16.5. The maximum absolute atomic E-state index is 12.0. The van der Waals surface area contributed by atoms with Crippen LogP contribution in [-0.2, 0) is 6.54 Å². The number of amides is 1. The molecule has 1 unspecified atom stereocenters. The summed E-state index contributed by atoms with van der Waals surface area (Å²) in [5.74, 6) is 0.866. The predicted molar refractivity (Wildman–Crippen MR) is 85.3 cm³/mol. The summed E-state index contributed by atoms with van der Waals surface area (Å²) in [5, 5.41) is 3.01. The monoisotopic (exact) mass is 315 g/mol. The molecule has 1 aliphatic rings. The number of pyridine rings is 1. The highest BCUT2D eigenvalue weighted by molar-refractivity contribution is 5.91. The third kappa shape index (κ3) is 4.10. The number of likely N-dealkylation sites (tertiary alicyclic amines) is 1. The van der Waals surface area contributed by atoms with Crippen molar-refractivity contribution in [3.63, 3.8) is 0 Å². The largest absolute Gasteiger partial charge is 0.478 e. The lowest BCUT2D eigenvalue weighted by Crippen LogP contribution is -2.36. The van der Waals surface area contributed by atoms with E-state index in [-0.39, 0.29) is 11.9 Å². The second-order valence-electron chi connectivity index (χ2n) is 5.61. The molecule has 3 rings (SSSR count). The van der Waals surface area contributed by atoms with Crippen molar-refractivity contribution in [3.8, 4) is 5.88 Å². The first-order valence-corrected chi connectivity index (χ1v) is 7.89. The van der Waals surface area contributed by atoms with Crippen molar-refractivity contribution in [2.75, 3.05) is 19.7 Å². The molecule has 0 aromatic carbocycles. The lowest BCUT2D eigenvalue weighted by Gasteiger charge is -2.16. The van der Waals surface area contributed by atoms with Crippen LogP contribution in [0.25, 0.3) is 0 Å². The Labute approximate surface area is 135 Å². The molecule has 1 saturated heterocycles. The minimum absolute atomic E-state index is 0.149. The molecule has 122 valence electrons. The van der Waals surface area contributed by atoms with Gasteiger partial charge in [-0.25, -0.2) is 4.98 Å². The molecule has 6 nitrogen and oxygen atoms in total. The molecule has 0 aliphatic carbocycles. The van der Waals surface area contributed by atoms with Crippen LogP contribution in [0.4, 0.5) is 0 Å². The molecule has 3 heterocycles. The van der Waals surface area contributed by atoms with Gasteiger partial charge in [0.2, 0.25) is 5.88 Å². The molecule has 6 heteroatoms. The maximum atomic E-state index is 12.0. The van der Waals surface area contributed by atoms with E-state index in [2.05, 4.69) is 15.2 Å². The first-order chi connectivity index (χ1) is 11.2. The van der Waals surface area contributed by atoms with Gasteiger partial charge in [0.25, 0.3) is 5.91 Å². The molecule has 23 heavy (non-hydrogen) atoms. The van der Waals surface area contributed by atoms with Gasteiger partial charge < -0.3 is 14.5 Å². The highest BCUT2D eigenvalue weighted by Gasteiger charge is 2.24. The van der Waals surface area contributed by atoms with Crippen molar-refractivity contribution in [3.05, 3.63) is 48.0 Å². The van der Waals surface area contributed by atoms with E-state index in [1.807, 2.05) is 25.3 Å². The minimum Gasteiger partial charge on any atom is -0.478 e. The van der Waals surface area contributed by atoms with Crippen LogP contribution in [0.15, 0.2) is 41.1 Å². The van der Waals surface area contributed by atoms with Crippen molar-refractivity contribution in [1.82, 2.24) is 15.2 Å². The van der Waals surface area contributed by atoms with Crippen molar-refractivity contribution < 1.29 is 13.9 Å². The summed E-state index contributed by atoms with van der Waals surface area (Å²) < 4.78 is 10.5. The number of carbonyl (C=O) groups is 1. The number of carbonyl (C=O) groups excluding carboxylic acids is 1. The SMILES string of the molecule is CCOc1ccc(CN2CCC(NC(=O)c3ccco3)C2)cn1. The standard InChI is InChI=1S/C17H21N3O3/c1-2-22-16-6-5-13(10-18-16)11-20-8-7-14(12-20)19-17(21)15-4-3-9-23-15/h3-6,9-10,14H,2,7-8,11-12H2,1H3,(H,19,21). The summed E-state index contributed by atoms with van der Waals surface area (Å²) in [6.07, 6.45) is 4.30. The molecular formula is C17H21N3O3. The topological polar surface area (TPSA) is 67.6 Å². The van der Waals surface area contributed by atoms with Crippen LogP contribution in [0, 0.1) is 0 Å². The van der Waals surface area contributed by atoms with Crippen LogP contribution in [-0.4, -0.2) is 41.5 Å². The lowest BCUT2D eigenvalue weighted by atomic mass is 10.2. The second kappa shape index (κ2) is 7.28. The minimum atomic E-state index is -0.149. The molecule has 1 amide bonds. The van der Waals surface area contributed by atoms with Gasteiger partial charge in [0.1, 0.15) is 0 Å². The molecule has 1 fully saturated rings. The van der Waals surface area contributed by atoms with E-state index in [9.17, 15) is 4.79 Å². The van der Waals surface area contributed by atoms with Crippen LogP contribution >= 0.6 is 0 Å². The van der Waals surface area contributed by atoms with Gasteiger partial charge >= 0.3 is 0 Å². The molecule has 0 radical (unpaired) electrons. The van der Waals surface area contributed by atoms with Gasteiger partial charge in [-0.15, -0.1) is 0 Å². The number of nitrogens with zero attached hydrogens (tertiary/aromatic N) is 2. The zero-order valence-corrected chi connectivity index (χ0v) is 13.2. The molecule has 1 N–H and O–H groups in total. The van der Waals surface area contributed by atoms with Crippen LogP contribution in [0.3, 0.4) is 0 Å². The van der Waals surface area contributed by atoms with Gasteiger partial charge in [-0.1, -0.05) is 6.07 Å². The van der Waals surface area contributed by atoms with Gasteiger partial charge in [0.15, 0.2) is 5.76 Å². The number of aromatic nitrogens is 1. The number of nitrogens with one attached hydrogen (secondary N) is 1.